The van der Waals surface area contributed by atoms with Crippen LogP contribution in [0.15, 0.2) is 71.4 Å². The summed E-state index contributed by atoms with van der Waals surface area (Å²) in [6.45, 7) is 6.68. The van der Waals surface area contributed by atoms with Gasteiger partial charge in [-0.05, 0) is 60.4 Å². The molecule has 2 heterocycles. The zero-order valence-electron chi connectivity index (χ0n) is 19.2. The first-order chi connectivity index (χ1) is 16.4. The number of nitrogens with zero attached hydrogens (tertiary/aromatic N) is 2. The van der Waals surface area contributed by atoms with Crippen molar-refractivity contribution in [1.82, 2.24) is 9.78 Å². The Kier molecular flexibility index (Phi) is 7.23. The third kappa shape index (κ3) is 5.99. The van der Waals surface area contributed by atoms with Crippen LogP contribution in [-0.4, -0.2) is 15.7 Å². The summed E-state index contributed by atoms with van der Waals surface area (Å²) in [7, 11) is 0. The Morgan fingerprint density at radius 1 is 1.15 bits per heavy atom. The summed E-state index contributed by atoms with van der Waals surface area (Å²) in [5.41, 5.74) is 2.78. The second kappa shape index (κ2) is 10.5. The molecule has 7 nitrogen and oxygen atoms in total. The van der Waals surface area contributed by atoms with E-state index in [9.17, 15) is 4.79 Å². The van der Waals surface area contributed by atoms with Crippen LogP contribution in [0.4, 0.5) is 5.69 Å². The van der Waals surface area contributed by atoms with E-state index in [1.807, 2.05) is 13.0 Å². The molecule has 0 saturated heterocycles. The van der Waals surface area contributed by atoms with Gasteiger partial charge in [0.2, 0.25) is 0 Å². The van der Waals surface area contributed by atoms with Crippen LogP contribution in [0, 0.1) is 6.92 Å². The van der Waals surface area contributed by atoms with E-state index >= 15 is 0 Å². The number of hydrogen-bond acceptors (Lipinski definition) is 5. The molecular formula is C26H26ClN3O4. The molecule has 0 bridgehead atoms. The van der Waals surface area contributed by atoms with E-state index in [4.69, 9.17) is 25.5 Å². The zero-order chi connectivity index (χ0) is 24.1. The molecule has 176 valence electrons. The van der Waals surface area contributed by atoms with Gasteiger partial charge in [-0.15, -0.1) is 0 Å². The molecule has 2 aromatic carbocycles. The number of amides is 1. The maximum Gasteiger partial charge on any atom is 0.291 e. The predicted octanol–water partition coefficient (Wildman–Crippen LogP) is 6.43. The third-order valence-corrected chi connectivity index (χ3v) is 5.33. The number of anilines is 1. The molecule has 0 atom stereocenters. The number of furan rings is 1. The maximum absolute atomic E-state index is 12.6. The van der Waals surface area contributed by atoms with Crippen molar-refractivity contribution in [3.05, 3.63) is 94.7 Å². The average Bonchev–Trinajstić information content (AvgIpc) is 3.46. The van der Waals surface area contributed by atoms with Crippen molar-refractivity contribution in [2.45, 2.75) is 40.0 Å². The largest absolute Gasteiger partial charge is 0.485 e. The lowest BCUT2D eigenvalue weighted by Gasteiger charge is -2.14. The first-order valence-electron chi connectivity index (χ1n) is 10.9. The second-order valence-electron chi connectivity index (χ2n) is 8.20. The lowest BCUT2D eigenvalue weighted by molar-refractivity contribution is 0.0992. The Morgan fingerprint density at radius 3 is 2.79 bits per heavy atom. The Labute approximate surface area is 203 Å². The lowest BCUT2D eigenvalue weighted by atomic mass is 10.0. The summed E-state index contributed by atoms with van der Waals surface area (Å²) < 4.78 is 18.9. The van der Waals surface area contributed by atoms with Gasteiger partial charge in [-0.2, -0.15) is 5.10 Å². The number of rotatable bonds is 9. The average molecular weight is 480 g/mol. The minimum absolute atomic E-state index is 0.176. The third-order valence-electron chi connectivity index (χ3n) is 5.10. The van der Waals surface area contributed by atoms with Gasteiger partial charge in [0, 0.05) is 5.02 Å². The number of hydrogen-bond donors (Lipinski definition) is 1. The molecule has 0 saturated carbocycles. The van der Waals surface area contributed by atoms with Crippen molar-refractivity contribution in [2.75, 3.05) is 5.32 Å². The van der Waals surface area contributed by atoms with Crippen molar-refractivity contribution in [3.8, 4) is 11.5 Å². The Morgan fingerprint density at radius 2 is 2.00 bits per heavy atom. The number of ether oxygens (including phenoxy) is 2. The second-order valence-corrected chi connectivity index (χ2v) is 8.64. The first-order valence-corrected chi connectivity index (χ1v) is 11.3. The van der Waals surface area contributed by atoms with Gasteiger partial charge in [0.1, 0.15) is 23.9 Å². The molecule has 34 heavy (non-hydrogen) atoms. The van der Waals surface area contributed by atoms with Crippen LogP contribution in [0.3, 0.4) is 0 Å². The Balaban J connectivity index is 1.32. The van der Waals surface area contributed by atoms with Gasteiger partial charge in [0.15, 0.2) is 12.5 Å². The van der Waals surface area contributed by atoms with E-state index in [2.05, 4.69) is 36.4 Å². The SMILES string of the molecule is Cc1ccc(C(C)C)c(OCc2ccc(C(=O)Nc3cnn(COc4cccc(Cl)c4)c3)o2)c1. The molecule has 1 N–H and O–H groups in total. The Bertz CT molecular complexity index is 1280. The molecule has 4 rings (SSSR count). The van der Waals surface area contributed by atoms with Gasteiger partial charge in [-0.3, -0.25) is 4.79 Å². The predicted molar refractivity (Wildman–Crippen MR) is 131 cm³/mol. The van der Waals surface area contributed by atoms with Crippen LogP contribution in [-0.2, 0) is 13.3 Å². The molecule has 0 aliphatic heterocycles. The quantitative estimate of drug-likeness (QED) is 0.299. The standard InChI is InChI=1S/C26H26ClN3O4/c1-17(2)23-9-7-18(3)11-25(23)32-15-22-8-10-24(34-22)26(31)29-20-13-28-30(14-20)16-33-21-6-4-5-19(27)12-21/h4-14,17H,15-16H2,1-3H3,(H,29,31). The zero-order valence-corrected chi connectivity index (χ0v) is 20.0. The van der Waals surface area contributed by atoms with Crippen molar-refractivity contribution in [1.29, 1.82) is 0 Å². The molecule has 0 radical (unpaired) electrons. The van der Waals surface area contributed by atoms with Crippen LogP contribution >= 0.6 is 11.6 Å². The fourth-order valence-electron chi connectivity index (χ4n) is 3.36. The van der Waals surface area contributed by atoms with Crippen LogP contribution in [0.1, 0.15) is 47.2 Å². The smallest absolute Gasteiger partial charge is 0.291 e. The van der Waals surface area contributed by atoms with E-state index in [1.165, 1.54) is 6.20 Å². The molecule has 0 spiro atoms. The van der Waals surface area contributed by atoms with Gasteiger partial charge in [-0.1, -0.05) is 43.6 Å². The molecule has 0 fully saturated rings. The number of aryl methyl sites for hydroxylation is 1. The molecule has 0 aliphatic rings. The summed E-state index contributed by atoms with van der Waals surface area (Å²) in [6.07, 6.45) is 3.21. The molecule has 4 aromatic rings. The Hall–Kier alpha value is -3.71. The molecule has 8 heteroatoms. The van der Waals surface area contributed by atoms with Gasteiger partial charge in [0.25, 0.3) is 5.91 Å². The fraction of sp³-hybridized carbons (Fsp3) is 0.231. The lowest BCUT2D eigenvalue weighted by Crippen LogP contribution is -2.10. The molecular weight excluding hydrogens is 454 g/mol. The van der Waals surface area contributed by atoms with E-state index in [0.29, 0.717) is 28.1 Å². The number of aromatic nitrogens is 2. The molecule has 0 aliphatic carbocycles. The van der Waals surface area contributed by atoms with Gasteiger partial charge in [-0.25, -0.2) is 4.68 Å². The minimum Gasteiger partial charge on any atom is -0.485 e. The number of halogens is 1. The number of carbonyl (C=O) groups excluding carboxylic acids is 1. The van der Waals surface area contributed by atoms with Crippen molar-refractivity contribution in [3.63, 3.8) is 0 Å². The fourth-order valence-corrected chi connectivity index (χ4v) is 3.54. The number of benzene rings is 2. The van der Waals surface area contributed by atoms with Crippen LogP contribution < -0.4 is 14.8 Å². The normalized spacial score (nSPS) is 11.0. The highest BCUT2D eigenvalue weighted by Crippen LogP contribution is 2.28. The summed E-state index contributed by atoms with van der Waals surface area (Å²) in [4.78, 5) is 12.6. The molecule has 2 aromatic heterocycles. The van der Waals surface area contributed by atoms with Gasteiger partial charge in [0.05, 0.1) is 18.1 Å². The van der Waals surface area contributed by atoms with Crippen molar-refractivity contribution in [2.24, 2.45) is 0 Å². The highest BCUT2D eigenvalue weighted by Gasteiger charge is 2.14. The van der Waals surface area contributed by atoms with Gasteiger partial charge >= 0.3 is 0 Å². The summed E-state index contributed by atoms with van der Waals surface area (Å²) in [6, 6.07) is 16.6. The van der Waals surface area contributed by atoms with E-state index in [-0.39, 0.29) is 25.0 Å². The van der Waals surface area contributed by atoms with E-state index in [0.717, 1.165) is 16.9 Å². The summed E-state index contributed by atoms with van der Waals surface area (Å²) in [5.74, 6) is 2.17. The minimum atomic E-state index is -0.375. The van der Waals surface area contributed by atoms with E-state index in [1.54, 1.807) is 47.3 Å². The highest BCUT2D eigenvalue weighted by atomic mass is 35.5. The van der Waals surface area contributed by atoms with Crippen LogP contribution in [0.25, 0.3) is 0 Å². The van der Waals surface area contributed by atoms with Crippen LogP contribution in [0.5, 0.6) is 11.5 Å². The summed E-state index contributed by atoms with van der Waals surface area (Å²) in [5, 5.41) is 7.55. The first kappa shape index (κ1) is 23.4. The van der Waals surface area contributed by atoms with Crippen LogP contribution in [0.2, 0.25) is 5.02 Å². The van der Waals surface area contributed by atoms with Gasteiger partial charge < -0.3 is 19.2 Å². The van der Waals surface area contributed by atoms with Crippen molar-refractivity contribution >= 4 is 23.2 Å². The van der Waals surface area contributed by atoms with E-state index < -0.39 is 0 Å². The highest BCUT2D eigenvalue weighted by molar-refractivity contribution is 6.30. The monoisotopic (exact) mass is 479 g/mol. The topological polar surface area (TPSA) is 78.5 Å². The maximum atomic E-state index is 12.6. The number of carbonyl (C=O) groups is 1. The molecule has 0 unspecified atom stereocenters. The summed E-state index contributed by atoms with van der Waals surface area (Å²) >= 11 is 5.96. The molecule has 1 amide bonds. The van der Waals surface area contributed by atoms with Crippen molar-refractivity contribution < 1.29 is 18.7 Å². The number of nitrogens with one attached hydrogen (secondary N) is 1.